The number of hydrogen-bond acceptors (Lipinski definition) is 2. The number of halogens is 3. The molecule has 2 unspecified atom stereocenters. The summed E-state index contributed by atoms with van der Waals surface area (Å²) in [6, 6.07) is -0.941. The van der Waals surface area contributed by atoms with Crippen LogP contribution in [0.4, 0.5) is 13.2 Å². The number of carbonyl (C=O) groups excluding carboxylic acids is 1. The quantitative estimate of drug-likeness (QED) is 0.787. The topological polar surface area (TPSA) is 66.4 Å². The van der Waals surface area contributed by atoms with Gasteiger partial charge in [-0.15, -0.1) is 0 Å². The number of rotatable bonds is 6. The first kappa shape index (κ1) is 18.8. The van der Waals surface area contributed by atoms with E-state index in [2.05, 4.69) is 5.32 Å². The number of alkyl halides is 3. The predicted molar refractivity (Wildman–Crippen MR) is 75.1 cm³/mol. The Morgan fingerprint density at radius 3 is 2.18 bits per heavy atom. The van der Waals surface area contributed by atoms with Crippen molar-refractivity contribution in [2.75, 3.05) is 0 Å². The van der Waals surface area contributed by atoms with E-state index in [9.17, 15) is 22.8 Å². The van der Waals surface area contributed by atoms with Gasteiger partial charge in [0.05, 0.1) is 5.92 Å². The summed E-state index contributed by atoms with van der Waals surface area (Å²) in [4.78, 5) is 23.1. The van der Waals surface area contributed by atoms with Crippen molar-refractivity contribution < 1.29 is 27.9 Å². The molecule has 1 fully saturated rings. The van der Waals surface area contributed by atoms with E-state index in [-0.39, 0.29) is 37.0 Å². The van der Waals surface area contributed by atoms with Crippen molar-refractivity contribution in [3.63, 3.8) is 0 Å². The van der Waals surface area contributed by atoms with Gasteiger partial charge in [-0.3, -0.25) is 4.79 Å². The Labute approximate surface area is 128 Å². The minimum absolute atomic E-state index is 0.0508. The molecule has 7 heteroatoms. The van der Waals surface area contributed by atoms with Gasteiger partial charge in [0.1, 0.15) is 6.04 Å². The summed E-state index contributed by atoms with van der Waals surface area (Å²) in [5.41, 5.74) is 0. The van der Waals surface area contributed by atoms with Gasteiger partial charge in [0.15, 0.2) is 0 Å². The predicted octanol–water partition coefficient (Wildman–Crippen LogP) is 3.36. The number of carbonyl (C=O) groups is 2. The molecule has 1 rings (SSSR count). The van der Waals surface area contributed by atoms with E-state index in [1.54, 1.807) is 6.92 Å². The molecule has 2 N–H and O–H groups in total. The van der Waals surface area contributed by atoms with Gasteiger partial charge in [0, 0.05) is 6.42 Å². The van der Waals surface area contributed by atoms with Crippen LogP contribution in [-0.2, 0) is 9.59 Å². The normalized spacial score (nSPS) is 25.3. The Bertz CT molecular complexity index is 390. The summed E-state index contributed by atoms with van der Waals surface area (Å²) >= 11 is 0. The molecule has 0 aliphatic heterocycles. The molecule has 4 nitrogen and oxygen atoms in total. The van der Waals surface area contributed by atoms with Crippen LogP contribution in [0.1, 0.15) is 52.4 Å². The monoisotopic (exact) mass is 323 g/mol. The molecule has 22 heavy (non-hydrogen) atoms. The molecular formula is C15H24F3NO3. The smallest absolute Gasteiger partial charge is 0.391 e. The first-order valence-corrected chi connectivity index (χ1v) is 7.74. The van der Waals surface area contributed by atoms with Crippen LogP contribution in [0.2, 0.25) is 0 Å². The molecule has 0 heterocycles. The fourth-order valence-corrected chi connectivity index (χ4v) is 2.87. The molecule has 0 spiro atoms. The van der Waals surface area contributed by atoms with Crippen LogP contribution < -0.4 is 5.32 Å². The molecule has 0 aromatic carbocycles. The van der Waals surface area contributed by atoms with Crippen molar-refractivity contribution in [3.8, 4) is 0 Å². The van der Waals surface area contributed by atoms with E-state index in [0.717, 1.165) is 0 Å². The Morgan fingerprint density at radius 2 is 1.77 bits per heavy atom. The first-order valence-electron chi connectivity index (χ1n) is 7.74. The van der Waals surface area contributed by atoms with Crippen LogP contribution in [0.25, 0.3) is 0 Å². The number of hydrogen-bond donors (Lipinski definition) is 2. The van der Waals surface area contributed by atoms with Crippen LogP contribution in [0.3, 0.4) is 0 Å². The maximum Gasteiger partial charge on any atom is 0.391 e. The third kappa shape index (κ3) is 5.50. The molecular weight excluding hydrogens is 299 g/mol. The molecule has 0 saturated heterocycles. The minimum Gasteiger partial charge on any atom is -0.480 e. The van der Waals surface area contributed by atoms with Crippen molar-refractivity contribution in [2.24, 2.45) is 17.8 Å². The highest BCUT2D eigenvalue weighted by molar-refractivity contribution is 5.83. The molecule has 128 valence electrons. The fourth-order valence-electron chi connectivity index (χ4n) is 2.87. The Hall–Kier alpha value is -1.27. The average Bonchev–Trinajstić information content (AvgIpc) is 2.43. The van der Waals surface area contributed by atoms with Crippen molar-refractivity contribution >= 4 is 11.9 Å². The van der Waals surface area contributed by atoms with Gasteiger partial charge >= 0.3 is 12.1 Å². The van der Waals surface area contributed by atoms with E-state index in [1.165, 1.54) is 0 Å². The molecule has 0 aromatic heterocycles. The zero-order valence-corrected chi connectivity index (χ0v) is 12.9. The molecule has 0 radical (unpaired) electrons. The summed E-state index contributed by atoms with van der Waals surface area (Å²) in [7, 11) is 0. The summed E-state index contributed by atoms with van der Waals surface area (Å²) < 4.78 is 37.7. The van der Waals surface area contributed by atoms with Gasteiger partial charge in [-0.25, -0.2) is 4.79 Å². The molecule has 1 aliphatic carbocycles. The largest absolute Gasteiger partial charge is 0.480 e. The van der Waals surface area contributed by atoms with Crippen LogP contribution >= 0.6 is 0 Å². The summed E-state index contributed by atoms with van der Waals surface area (Å²) in [5.74, 6) is -3.02. The van der Waals surface area contributed by atoms with E-state index in [4.69, 9.17) is 5.11 Å². The first-order chi connectivity index (χ1) is 10.1. The summed E-state index contributed by atoms with van der Waals surface area (Å²) in [5, 5.41) is 11.6. The Kier molecular flexibility index (Phi) is 6.68. The van der Waals surface area contributed by atoms with Gasteiger partial charge in [-0.1, -0.05) is 20.3 Å². The average molecular weight is 323 g/mol. The lowest BCUT2D eigenvalue weighted by molar-refractivity contribution is -0.184. The molecule has 1 aliphatic rings. The lowest BCUT2D eigenvalue weighted by Gasteiger charge is -2.30. The lowest BCUT2D eigenvalue weighted by atomic mass is 9.80. The Morgan fingerprint density at radius 1 is 1.23 bits per heavy atom. The summed E-state index contributed by atoms with van der Waals surface area (Å²) in [6.07, 6.45) is -2.61. The number of aliphatic carboxylic acids is 1. The van der Waals surface area contributed by atoms with Crippen LogP contribution in [0.15, 0.2) is 0 Å². The van der Waals surface area contributed by atoms with Gasteiger partial charge in [0.2, 0.25) is 5.91 Å². The second-order valence-electron chi connectivity index (χ2n) is 6.23. The van der Waals surface area contributed by atoms with Gasteiger partial charge in [0.25, 0.3) is 0 Å². The van der Waals surface area contributed by atoms with E-state index in [1.807, 2.05) is 6.92 Å². The van der Waals surface area contributed by atoms with Crippen molar-refractivity contribution in [2.45, 2.75) is 64.6 Å². The second kappa shape index (κ2) is 7.83. The molecule has 0 aromatic rings. The fraction of sp³-hybridized carbons (Fsp3) is 0.867. The van der Waals surface area contributed by atoms with Crippen molar-refractivity contribution in [1.82, 2.24) is 5.32 Å². The van der Waals surface area contributed by atoms with Gasteiger partial charge in [-0.05, 0) is 37.5 Å². The number of amides is 1. The molecule has 1 saturated carbocycles. The maximum absolute atomic E-state index is 12.6. The highest BCUT2D eigenvalue weighted by atomic mass is 19.4. The van der Waals surface area contributed by atoms with E-state index < -0.39 is 24.1 Å². The summed E-state index contributed by atoms with van der Waals surface area (Å²) in [6.45, 7) is 3.58. The minimum atomic E-state index is -4.15. The molecule has 1 amide bonds. The number of carboxylic acids is 1. The number of carboxylic acid groups (broad SMARTS) is 1. The molecule has 2 atom stereocenters. The zero-order chi connectivity index (χ0) is 16.9. The van der Waals surface area contributed by atoms with Crippen LogP contribution in [0, 0.1) is 17.8 Å². The number of nitrogens with one attached hydrogen (secondary N) is 1. The SMILES string of the molecule is CCC(C)C(NC(=O)CC1CCC(C(F)(F)F)CC1)C(=O)O. The standard InChI is InChI=1S/C15H24F3NO3/c1-3-9(2)13(14(21)22)19-12(20)8-10-4-6-11(7-5-10)15(16,17)18/h9-11,13H,3-8H2,1-2H3,(H,19,20)(H,21,22). The Balaban J connectivity index is 2.45. The second-order valence-corrected chi connectivity index (χ2v) is 6.23. The highest BCUT2D eigenvalue weighted by Gasteiger charge is 2.41. The van der Waals surface area contributed by atoms with Crippen LogP contribution in [-0.4, -0.2) is 29.2 Å². The van der Waals surface area contributed by atoms with Crippen molar-refractivity contribution in [1.29, 1.82) is 0 Å². The lowest BCUT2D eigenvalue weighted by Crippen LogP contribution is -2.45. The zero-order valence-electron chi connectivity index (χ0n) is 12.9. The van der Waals surface area contributed by atoms with E-state index >= 15 is 0 Å². The van der Waals surface area contributed by atoms with Gasteiger partial charge < -0.3 is 10.4 Å². The molecule has 0 bridgehead atoms. The highest BCUT2D eigenvalue weighted by Crippen LogP contribution is 2.40. The van der Waals surface area contributed by atoms with Crippen LogP contribution in [0.5, 0.6) is 0 Å². The third-order valence-corrected chi connectivity index (χ3v) is 4.58. The van der Waals surface area contributed by atoms with Gasteiger partial charge in [-0.2, -0.15) is 13.2 Å². The third-order valence-electron chi connectivity index (χ3n) is 4.58. The van der Waals surface area contributed by atoms with E-state index in [0.29, 0.717) is 19.3 Å². The maximum atomic E-state index is 12.6. The van der Waals surface area contributed by atoms with Crippen molar-refractivity contribution in [3.05, 3.63) is 0 Å².